The molecule has 9 heavy (non-hydrogen) atoms. The third kappa shape index (κ3) is 5.63. The second kappa shape index (κ2) is 5.89. The van der Waals surface area contributed by atoms with E-state index in [9.17, 15) is 0 Å². The maximum Gasteiger partial charge on any atom is 0.0323 e. The Kier molecular flexibility index (Phi) is 5.73. The highest BCUT2D eigenvalue weighted by atomic mass is 32.2. The zero-order valence-corrected chi connectivity index (χ0v) is 6.82. The van der Waals surface area contributed by atoms with Crippen molar-refractivity contribution in [1.82, 2.24) is 0 Å². The van der Waals surface area contributed by atoms with E-state index in [0.717, 1.165) is 0 Å². The van der Waals surface area contributed by atoms with E-state index in [4.69, 9.17) is 0 Å². The highest BCUT2D eigenvalue weighted by Gasteiger charge is 1.92. The summed E-state index contributed by atoms with van der Waals surface area (Å²) in [5.74, 6) is 0. The van der Waals surface area contributed by atoms with Crippen LogP contribution in [0.4, 0.5) is 0 Å². The molecule has 0 saturated carbocycles. The highest BCUT2D eigenvalue weighted by molar-refractivity contribution is 8.02. The summed E-state index contributed by atoms with van der Waals surface area (Å²) in [6.07, 6.45) is 2.92. The SMILES string of the molecule is C=NC=CSC(C)CC. The molecule has 0 aromatic rings. The third-order valence-corrected chi connectivity index (χ3v) is 2.13. The lowest BCUT2D eigenvalue weighted by atomic mass is 10.4. The fourth-order valence-electron chi connectivity index (χ4n) is 0.309. The molecule has 2 heteroatoms. The van der Waals surface area contributed by atoms with Crippen molar-refractivity contribution in [2.45, 2.75) is 25.5 Å². The van der Waals surface area contributed by atoms with Gasteiger partial charge in [-0.2, -0.15) is 0 Å². The predicted molar refractivity (Wildman–Crippen MR) is 46.0 cm³/mol. The molecule has 0 saturated heterocycles. The number of nitrogens with zero attached hydrogens (tertiary/aromatic N) is 1. The van der Waals surface area contributed by atoms with Crippen LogP contribution in [0.25, 0.3) is 0 Å². The molecule has 0 radical (unpaired) electrons. The van der Waals surface area contributed by atoms with Crippen LogP contribution in [0.3, 0.4) is 0 Å². The van der Waals surface area contributed by atoms with E-state index < -0.39 is 0 Å². The van der Waals surface area contributed by atoms with Crippen molar-refractivity contribution in [3.63, 3.8) is 0 Å². The molecule has 0 aromatic carbocycles. The summed E-state index contributed by atoms with van der Waals surface area (Å²) in [6.45, 7) is 7.70. The molecule has 0 aliphatic rings. The van der Waals surface area contributed by atoms with Gasteiger partial charge in [-0.05, 0) is 18.5 Å². The topological polar surface area (TPSA) is 12.4 Å². The second-order valence-electron chi connectivity index (χ2n) is 1.82. The third-order valence-electron chi connectivity index (χ3n) is 1.05. The molecule has 0 aromatic heterocycles. The van der Waals surface area contributed by atoms with Gasteiger partial charge in [0.1, 0.15) is 0 Å². The van der Waals surface area contributed by atoms with Crippen molar-refractivity contribution in [2.24, 2.45) is 4.99 Å². The minimum Gasteiger partial charge on any atom is -0.272 e. The van der Waals surface area contributed by atoms with E-state index >= 15 is 0 Å². The van der Waals surface area contributed by atoms with Crippen LogP contribution in [-0.2, 0) is 0 Å². The maximum atomic E-state index is 3.59. The van der Waals surface area contributed by atoms with Crippen LogP contribution in [-0.4, -0.2) is 12.0 Å². The molecule has 1 unspecified atom stereocenters. The molecule has 0 rings (SSSR count). The lowest BCUT2D eigenvalue weighted by Crippen LogP contribution is -1.87. The van der Waals surface area contributed by atoms with E-state index in [1.165, 1.54) is 6.42 Å². The van der Waals surface area contributed by atoms with Gasteiger partial charge in [-0.15, -0.1) is 11.8 Å². The van der Waals surface area contributed by atoms with Crippen molar-refractivity contribution < 1.29 is 0 Å². The Morgan fingerprint density at radius 1 is 1.78 bits per heavy atom. The van der Waals surface area contributed by atoms with Gasteiger partial charge in [-0.3, -0.25) is 4.99 Å². The van der Waals surface area contributed by atoms with Crippen molar-refractivity contribution in [3.8, 4) is 0 Å². The van der Waals surface area contributed by atoms with Crippen LogP contribution in [0, 0.1) is 0 Å². The molecule has 0 aliphatic carbocycles. The fourth-order valence-corrected chi connectivity index (χ4v) is 0.926. The number of rotatable bonds is 4. The molecular weight excluding hydrogens is 130 g/mol. The normalized spacial score (nSPS) is 14.0. The first kappa shape index (κ1) is 8.76. The first-order chi connectivity index (χ1) is 4.31. The molecular formula is C7H13NS. The van der Waals surface area contributed by atoms with Gasteiger partial charge in [0.05, 0.1) is 0 Å². The van der Waals surface area contributed by atoms with Crippen molar-refractivity contribution in [2.75, 3.05) is 0 Å². The van der Waals surface area contributed by atoms with Crippen molar-refractivity contribution in [1.29, 1.82) is 0 Å². The van der Waals surface area contributed by atoms with Gasteiger partial charge in [0.15, 0.2) is 0 Å². The molecule has 1 atom stereocenters. The Hall–Kier alpha value is -0.240. The van der Waals surface area contributed by atoms with Gasteiger partial charge < -0.3 is 0 Å². The number of aliphatic imine (C=N–C) groups is 1. The van der Waals surface area contributed by atoms with Crippen LogP contribution in [0.2, 0.25) is 0 Å². The molecule has 0 spiro atoms. The number of thioether (sulfide) groups is 1. The van der Waals surface area contributed by atoms with Crippen LogP contribution >= 0.6 is 11.8 Å². The Morgan fingerprint density at radius 2 is 2.44 bits per heavy atom. The van der Waals surface area contributed by atoms with E-state index in [2.05, 4.69) is 25.6 Å². The minimum absolute atomic E-state index is 0.697. The lowest BCUT2D eigenvalue weighted by Gasteiger charge is -2.00. The first-order valence-corrected chi connectivity index (χ1v) is 4.01. The van der Waals surface area contributed by atoms with Gasteiger partial charge in [-0.1, -0.05) is 13.8 Å². The summed E-state index contributed by atoms with van der Waals surface area (Å²) in [5.41, 5.74) is 0. The van der Waals surface area contributed by atoms with Crippen LogP contribution < -0.4 is 0 Å². The summed E-state index contributed by atoms with van der Waals surface area (Å²) < 4.78 is 0. The van der Waals surface area contributed by atoms with Gasteiger partial charge in [-0.25, -0.2) is 0 Å². The zero-order chi connectivity index (χ0) is 7.11. The van der Waals surface area contributed by atoms with E-state index in [0.29, 0.717) is 5.25 Å². The maximum absolute atomic E-state index is 3.59. The summed E-state index contributed by atoms with van der Waals surface area (Å²) in [6, 6.07) is 0. The Balaban J connectivity index is 3.25. The summed E-state index contributed by atoms with van der Waals surface area (Å²) >= 11 is 1.79. The molecule has 0 bridgehead atoms. The standard InChI is InChI=1S/C7H13NS/c1-4-7(2)9-6-5-8-3/h5-7H,3-4H2,1-2H3. The van der Waals surface area contributed by atoms with Gasteiger partial charge >= 0.3 is 0 Å². The number of hydrogen-bond acceptors (Lipinski definition) is 2. The highest BCUT2D eigenvalue weighted by Crippen LogP contribution is 2.13. The predicted octanol–water partition coefficient (Wildman–Crippen LogP) is 2.69. The first-order valence-electron chi connectivity index (χ1n) is 3.07. The smallest absolute Gasteiger partial charge is 0.0323 e. The van der Waals surface area contributed by atoms with E-state index in [1.807, 2.05) is 5.41 Å². The van der Waals surface area contributed by atoms with E-state index in [1.54, 1.807) is 18.0 Å². The van der Waals surface area contributed by atoms with Crippen molar-refractivity contribution >= 4 is 18.5 Å². The Labute approximate surface area is 61.3 Å². The van der Waals surface area contributed by atoms with Crippen LogP contribution in [0.5, 0.6) is 0 Å². The lowest BCUT2D eigenvalue weighted by molar-refractivity contribution is 0.910. The molecule has 0 N–H and O–H groups in total. The zero-order valence-electron chi connectivity index (χ0n) is 6.00. The van der Waals surface area contributed by atoms with Crippen molar-refractivity contribution in [3.05, 3.63) is 11.6 Å². The molecule has 0 heterocycles. The summed E-state index contributed by atoms with van der Waals surface area (Å²) in [7, 11) is 0. The monoisotopic (exact) mass is 143 g/mol. The largest absolute Gasteiger partial charge is 0.272 e. The summed E-state index contributed by atoms with van der Waals surface area (Å²) in [4.78, 5) is 3.59. The summed E-state index contributed by atoms with van der Waals surface area (Å²) in [5, 5.41) is 2.67. The molecule has 0 fully saturated rings. The average molecular weight is 143 g/mol. The number of hydrogen-bond donors (Lipinski definition) is 0. The minimum atomic E-state index is 0.697. The Bertz CT molecular complexity index is 99.1. The average Bonchev–Trinajstić information content (AvgIpc) is 1.89. The molecule has 0 amide bonds. The fraction of sp³-hybridized carbons (Fsp3) is 0.571. The van der Waals surface area contributed by atoms with Gasteiger partial charge in [0.25, 0.3) is 0 Å². The second-order valence-corrected chi connectivity index (χ2v) is 3.17. The molecule has 1 nitrogen and oxygen atoms in total. The van der Waals surface area contributed by atoms with E-state index in [-0.39, 0.29) is 0 Å². The quantitative estimate of drug-likeness (QED) is 0.551. The molecule has 52 valence electrons. The molecule has 0 aliphatic heterocycles. The van der Waals surface area contributed by atoms with Crippen LogP contribution in [0.1, 0.15) is 20.3 Å². The van der Waals surface area contributed by atoms with Crippen LogP contribution in [0.15, 0.2) is 16.6 Å². The van der Waals surface area contributed by atoms with Gasteiger partial charge in [0.2, 0.25) is 0 Å². The van der Waals surface area contributed by atoms with Gasteiger partial charge in [0, 0.05) is 11.4 Å². The Morgan fingerprint density at radius 3 is 2.89 bits per heavy atom.